The van der Waals surface area contributed by atoms with E-state index in [1.165, 1.54) is 0 Å². The van der Waals surface area contributed by atoms with Gasteiger partial charge in [0, 0.05) is 18.6 Å². The Bertz CT molecular complexity index is 659. The molecule has 0 aliphatic carbocycles. The number of hydrogen-bond donors (Lipinski definition) is 2. The minimum Gasteiger partial charge on any atom is -0.487 e. The fourth-order valence-corrected chi connectivity index (χ4v) is 2.80. The highest BCUT2D eigenvalue weighted by molar-refractivity contribution is 5.34. The molecule has 3 atom stereocenters. The molecule has 0 radical (unpaired) electrons. The molecule has 1 fully saturated rings. The average molecular weight is 333 g/mol. The number of ether oxygens (including phenoxy) is 2. The standard InChI is InChI=1S/C17H23N3O4/c1-12(21)16-4-2-3-5-17(16)24-11-13-9-20(19-18-13)10-15-8-14(22)6-7-23-15/h2-5,9,12,14-15,21-22H,6-8,10-11H2,1H3. The van der Waals surface area contributed by atoms with Crippen LogP contribution in [-0.4, -0.2) is 44.0 Å². The van der Waals surface area contributed by atoms with E-state index in [9.17, 15) is 10.2 Å². The van der Waals surface area contributed by atoms with Gasteiger partial charge in [-0.25, -0.2) is 4.68 Å². The van der Waals surface area contributed by atoms with Crippen LogP contribution in [0.5, 0.6) is 5.75 Å². The lowest BCUT2D eigenvalue weighted by molar-refractivity contribution is -0.0512. The third-order valence-corrected chi connectivity index (χ3v) is 4.06. The number of aliphatic hydroxyl groups is 2. The maximum Gasteiger partial charge on any atom is 0.134 e. The van der Waals surface area contributed by atoms with Crippen molar-refractivity contribution in [2.75, 3.05) is 6.61 Å². The second-order valence-corrected chi connectivity index (χ2v) is 6.11. The number of aromatic nitrogens is 3. The topological polar surface area (TPSA) is 89.6 Å². The van der Waals surface area contributed by atoms with Gasteiger partial charge < -0.3 is 19.7 Å². The zero-order valence-corrected chi connectivity index (χ0v) is 13.7. The molecule has 0 amide bonds. The van der Waals surface area contributed by atoms with Gasteiger partial charge in [0.15, 0.2) is 0 Å². The van der Waals surface area contributed by atoms with Crippen LogP contribution < -0.4 is 4.74 Å². The van der Waals surface area contributed by atoms with Gasteiger partial charge in [0.2, 0.25) is 0 Å². The molecular weight excluding hydrogens is 310 g/mol. The molecule has 2 N–H and O–H groups in total. The summed E-state index contributed by atoms with van der Waals surface area (Å²) >= 11 is 0. The molecule has 1 aliphatic heterocycles. The highest BCUT2D eigenvalue weighted by atomic mass is 16.5. The van der Waals surface area contributed by atoms with Crippen LogP contribution in [0, 0.1) is 0 Å². The van der Waals surface area contributed by atoms with Gasteiger partial charge in [0.25, 0.3) is 0 Å². The molecule has 3 rings (SSSR count). The predicted octanol–water partition coefficient (Wildman–Crippen LogP) is 1.45. The first-order chi connectivity index (χ1) is 11.6. The molecule has 0 spiro atoms. The van der Waals surface area contributed by atoms with Gasteiger partial charge >= 0.3 is 0 Å². The van der Waals surface area contributed by atoms with Gasteiger partial charge in [-0.05, 0) is 19.4 Å². The third kappa shape index (κ3) is 4.31. The summed E-state index contributed by atoms with van der Waals surface area (Å²) in [5, 5.41) is 27.6. The number of para-hydroxylation sites is 1. The monoisotopic (exact) mass is 333 g/mol. The van der Waals surface area contributed by atoms with E-state index in [-0.39, 0.29) is 18.8 Å². The van der Waals surface area contributed by atoms with Crippen molar-refractivity contribution in [2.24, 2.45) is 0 Å². The fraction of sp³-hybridized carbons (Fsp3) is 0.529. The molecule has 1 aromatic carbocycles. The number of rotatable bonds is 6. The van der Waals surface area contributed by atoms with Crippen molar-refractivity contribution in [2.45, 2.75) is 51.2 Å². The molecule has 7 nitrogen and oxygen atoms in total. The highest BCUT2D eigenvalue weighted by Crippen LogP contribution is 2.25. The van der Waals surface area contributed by atoms with Crippen molar-refractivity contribution in [1.82, 2.24) is 15.0 Å². The van der Waals surface area contributed by atoms with Gasteiger partial charge in [0.05, 0.1) is 31.1 Å². The van der Waals surface area contributed by atoms with Crippen LogP contribution in [-0.2, 0) is 17.9 Å². The Morgan fingerprint density at radius 3 is 3.04 bits per heavy atom. The van der Waals surface area contributed by atoms with Crippen molar-refractivity contribution >= 4 is 0 Å². The van der Waals surface area contributed by atoms with Crippen molar-refractivity contribution in [3.8, 4) is 5.75 Å². The molecule has 7 heteroatoms. The molecule has 24 heavy (non-hydrogen) atoms. The second kappa shape index (κ2) is 7.74. The minimum atomic E-state index is -0.591. The predicted molar refractivity (Wildman–Crippen MR) is 86.4 cm³/mol. The van der Waals surface area contributed by atoms with Gasteiger partial charge in [-0.3, -0.25) is 0 Å². The van der Waals surface area contributed by atoms with Crippen LogP contribution in [0.1, 0.15) is 37.1 Å². The van der Waals surface area contributed by atoms with Crippen LogP contribution >= 0.6 is 0 Å². The molecule has 1 aromatic heterocycles. The lowest BCUT2D eigenvalue weighted by atomic mass is 10.1. The summed E-state index contributed by atoms with van der Waals surface area (Å²) < 4.78 is 13.1. The summed E-state index contributed by atoms with van der Waals surface area (Å²) in [5.74, 6) is 0.640. The van der Waals surface area contributed by atoms with Crippen molar-refractivity contribution in [3.05, 3.63) is 41.7 Å². The van der Waals surface area contributed by atoms with Crippen LogP contribution in [0.4, 0.5) is 0 Å². The van der Waals surface area contributed by atoms with Gasteiger partial charge in [-0.1, -0.05) is 23.4 Å². The maximum atomic E-state index is 9.76. The normalized spacial score (nSPS) is 22.3. The van der Waals surface area contributed by atoms with E-state index in [1.54, 1.807) is 11.6 Å². The van der Waals surface area contributed by atoms with Crippen LogP contribution in [0.15, 0.2) is 30.5 Å². The van der Waals surface area contributed by atoms with Crippen molar-refractivity contribution in [1.29, 1.82) is 0 Å². The lowest BCUT2D eigenvalue weighted by Gasteiger charge is -2.26. The molecule has 2 aromatic rings. The lowest BCUT2D eigenvalue weighted by Crippen LogP contribution is -2.32. The van der Waals surface area contributed by atoms with E-state index in [0.717, 1.165) is 5.56 Å². The second-order valence-electron chi connectivity index (χ2n) is 6.11. The fourth-order valence-electron chi connectivity index (χ4n) is 2.80. The van der Waals surface area contributed by atoms with E-state index < -0.39 is 6.10 Å². The summed E-state index contributed by atoms with van der Waals surface area (Å²) in [6.45, 7) is 3.12. The van der Waals surface area contributed by atoms with Gasteiger partial charge in [0.1, 0.15) is 18.1 Å². The van der Waals surface area contributed by atoms with Crippen molar-refractivity contribution in [3.63, 3.8) is 0 Å². The summed E-state index contributed by atoms with van der Waals surface area (Å²) in [6.07, 6.45) is 2.19. The molecule has 0 saturated carbocycles. The Morgan fingerprint density at radius 1 is 1.42 bits per heavy atom. The van der Waals surface area contributed by atoms with E-state index >= 15 is 0 Å². The Morgan fingerprint density at radius 2 is 2.25 bits per heavy atom. The van der Waals surface area contributed by atoms with E-state index in [4.69, 9.17) is 9.47 Å². The summed E-state index contributed by atoms with van der Waals surface area (Å²) in [7, 11) is 0. The van der Waals surface area contributed by atoms with Gasteiger partial charge in [-0.2, -0.15) is 0 Å². The summed E-state index contributed by atoms with van der Waals surface area (Å²) in [4.78, 5) is 0. The first-order valence-electron chi connectivity index (χ1n) is 8.20. The van der Waals surface area contributed by atoms with E-state index in [0.29, 0.717) is 37.4 Å². The first-order valence-corrected chi connectivity index (χ1v) is 8.20. The summed E-state index contributed by atoms with van der Waals surface area (Å²) in [5.41, 5.74) is 1.45. The Labute approximate surface area is 140 Å². The zero-order valence-electron chi connectivity index (χ0n) is 13.7. The molecular formula is C17H23N3O4. The number of aliphatic hydroxyl groups excluding tert-OH is 2. The largest absolute Gasteiger partial charge is 0.487 e. The van der Waals surface area contributed by atoms with Crippen molar-refractivity contribution < 1.29 is 19.7 Å². The SMILES string of the molecule is CC(O)c1ccccc1OCc1cn(CC2CC(O)CCO2)nn1. The number of nitrogens with zero attached hydrogens (tertiary/aromatic N) is 3. The molecule has 130 valence electrons. The molecule has 0 bridgehead atoms. The number of benzene rings is 1. The molecule has 3 unspecified atom stereocenters. The molecule has 1 aliphatic rings. The van der Waals surface area contributed by atoms with Crippen LogP contribution in [0.25, 0.3) is 0 Å². The van der Waals surface area contributed by atoms with Gasteiger partial charge in [-0.15, -0.1) is 5.10 Å². The Kier molecular flexibility index (Phi) is 5.44. The number of hydrogen-bond acceptors (Lipinski definition) is 6. The Hall–Kier alpha value is -1.96. The van der Waals surface area contributed by atoms with Crippen LogP contribution in [0.3, 0.4) is 0 Å². The molecule has 2 heterocycles. The first kappa shape index (κ1) is 16.9. The third-order valence-electron chi connectivity index (χ3n) is 4.06. The molecule has 1 saturated heterocycles. The smallest absolute Gasteiger partial charge is 0.134 e. The summed E-state index contributed by atoms with van der Waals surface area (Å²) in [6, 6.07) is 7.39. The Balaban J connectivity index is 1.56. The zero-order chi connectivity index (χ0) is 16.9. The maximum absolute atomic E-state index is 9.76. The quantitative estimate of drug-likeness (QED) is 0.832. The van der Waals surface area contributed by atoms with E-state index in [1.807, 2.05) is 30.5 Å². The van der Waals surface area contributed by atoms with Crippen LogP contribution in [0.2, 0.25) is 0 Å². The highest BCUT2D eigenvalue weighted by Gasteiger charge is 2.21. The van der Waals surface area contributed by atoms with E-state index in [2.05, 4.69) is 10.3 Å². The average Bonchev–Trinajstić information content (AvgIpc) is 3.00. The minimum absolute atomic E-state index is 0.0415.